The van der Waals surface area contributed by atoms with E-state index in [0.29, 0.717) is 42.6 Å². The van der Waals surface area contributed by atoms with Crippen molar-refractivity contribution in [2.75, 3.05) is 9.80 Å². The molecule has 46 heavy (non-hydrogen) atoms. The van der Waals surface area contributed by atoms with E-state index in [0.717, 1.165) is 0 Å². The van der Waals surface area contributed by atoms with E-state index in [1.54, 1.807) is 107 Å². The van der Waals surface area contributed by atoms with Gasteiger partial charge in [0.2, 0.25) is 11.8 Å². The third kappa shape index (κ3) is 4.29. The highest BCUT2D eigenvalue weighted by Gasteiger charge is 2.73. The van der Waals surface area contributed by atoms with Crippen molar-refractivity contribution in [3.8, 4) is 0 Å². The van der Waals surface area contributed by atoms with Gasteiger partial charge in [-0.15, -0.1) is 0 Å². The first kappa shape index (κ1) is 29.6. The second kappa shape index (κ2) is 10.9. The van der Waals surface area contributed by atoms with Gasteiger partial charge in [0.05, 0.1) is 35.3 Å². The van der Waals surface area contributed by atoms with Gasteiger partial charge < -0.3 is 0 Å². The molecule has 0 radical (unpaired) electrons. The predicted molar refractivity (Wildman–Crippen MR) is 175 cm³/mol. The molecule has 8 nitrogen and oxygen atoms in total. The van der Waals surface area contributed by atoms with Gasteiger partial charge in [0, 0.05) is 20.1 Å². The molecule has 4 aromatic carbocycles. The molecule has 230 valence electrons. The monoisotopic (exact) mass is 690 g/mol. The summed E-state index contributed by atoms with van der Waals surface area (Å²) in [7, 11) is 0. The lowest BCUT2D eigenvalue weighted by Crippen LogP contribution is -2.50. The zero-order valence-corrected chi connectivity index (χ0v) is 26.7. The van der Waals surface area contributed by atoms with Gasteiger partial charge in [0.1, 0.15) is 12.1 Å². The van der Waals surface area contributed by atoms with Gasteiger partial charge in [0.15, 0.2) is 0 Å². The van der Waals surface area contributed by atoms with Gasteiger partial charge in [0.25, 0.3) is 11.8 Å². The Morgan fingerprint density at radius 3 is 0.957 bits per heavy atom. The number of rotatable bonds is 4. The zero-order valence-electron chi connectivity index (χ0n) is 23.6. The highest BCUT2D eigenvalue weighted by Crippen LogP contribution is 2.59. The average molecular weight is 692 g/mol. The minimum Gasteiger partial charge on any atom is -0.274 e. The van der Waals surface area contributed by atoms with Crippen molar-refractivity contribution in [3.63, 3.8) is 0 Å². The van der Waals surface area contributed by atoms with E-state index in [-0.39, 0.29) is 0 Å². The lowest BCUT2D eigenvalue weighted by molar-refractivity contribution is -0.136. The first-order valence-electron chi connectivity index (χ1n) is 14.5. The summed E-state index contributed by atoms with van der Waals surface area (Å²) < 4.78 is 0. The molecular formula is C34H22Cl4N4O4. The maximum Gasteiger partial charge on any atom is 0.253 e. The van der Waals surface area contributed by atoms with E-state index in [2.05, 4.69) is 0 Å². The number of hydrogen-bond donors (Lipinski definition) is 0. The molecule has 4 fully saturated rings. The van der Waals surface area contributed by atoms with Crippen LogP contribution in [-0.4, -0.2) is 45.7 Å². The van der Waals surface area contributed by atoms with Crippen LogP contribution in [0.5, 0.6) is 0 Å². The van der Waals surface area contributed by atoms with Crippen molar-refractivity contribution < 1.29 is 19.2 Å². The van der Waals surface area contributed by atoms with Crippen LogP contribution in [0.4, 0.5) is 11.4 Å². The summed E-state index contributed by atoms with van der Waals surface area (Å²) in [4.78, 5) is 60.1. The molecule has 4 amide bonds. The molecule has 4 heterocycles. The molecule has 4 saturated heterocycles. The number of halogens is 4. The van der Waals surface area contributed by atoms with Gasteiger partial charge in [-0.25, -0.2) is 19.8 Å². The van der Waals surface area contributed by atoms with E-state index < -0.39 is 59.6 Å². The second-order valence-electron chi connectivity index (χ2n) is 11.7. The molecule has 0 aromatic heterocycles. The fourth-order valence-corrected chi connectivity index (χ4v) is 8.01. The molecule has 0 bridgehead atoms. The van der Waals surface area contributed by atoms with E-state index in [1.807, 2.05) is 0 Å². The first-order valence-corrected chi connectivity index (χ1v) is 16.0. The SMILES string of the molecule is O=C1[C@H]2[C@@H](c3ccc(Cl)cc3)N3[C@H]4C(=O)N(c5ccc(Cl)cc5)C(=O)[C@H]4[C@@H](c4ccc(Cl)cc4)N3[C@H]2C(=O)N1c1ccc(Cl)cc1. The van der Waals surface area contributed by atoms with Crippen LogP contribution in [0.3, 0.4) is 0 Å². The van der Waals surface area contributed by atoms with Gasteiger partial charge in [-0.05, 0) is 83.9 Å². The Bertz CT molecular complexity index is 1780. The quantitative estimate of drug-likeness (QED) is 0.221. The van der Waals surface area contributed by atoms with Crippen LogP contribution in [0.1, 0.15) is 23.2 Å². The summed E-state index contributed by atoms with van der Waals surface area (Å²) in [5.41, 5.74) is 2.14. The number of hydrogen-bond acceptors (Lipinski definition) is 6. The number of nitrogens with zero attached hydrogens (tertiary/aromatic N) is 4. The van der Waals surface area contributed by atoms with E-state index >= 15 is 0 Å². The van der Waals surface area contributed by atoms with Gasteiger partial charge in [-0.3, -0.25) is 19.2 Å². The first-order chi connectivity index (χ1) is 22.2. The smallest absolute Gasteiger partial charge is 0.253 e. The number of carbonyl (C=O) groups excluding carboxylic acids is 4. The fourth-order valence-electron chi connectivity index (χ4n) is 7.51. The minimum atomic E-state index is -1.00. The Morgan fingerprint density at radius 2 is 0.652 bits per heavy atom. The van der Waals surface area contributed by atoms with Crippen LogP contribution in [-0.2, 0) is 19.2 Å². The summed E-state index contributed by atoms with van der Waals surface area (Å²) in [6, 6.07) is 23.4. The zero-order chi connectivity index (χ0) is 32.0. The van der Waals surface area contributed by atoms with Crippen molar-refractivity contribution in [1.82, 2.24) is 10.0 Å². The normalized spacial score (nSPS) is 27.5. The van der Waals surface area contributed by atoms with Crippen molar-refractivity contribution in [2.24, 2.45) is 11.8 Å². The van der Waals surface area contributed by atoms with Crippen LogP contribution in [0.2, 0.25) is 20.1 Å². The number of carbonyl (C=O) groups is 4. The summed E-state index contributed by atoms with van der Waals surface area (Å²) in [5, 5.41) is 5.51. The largest absolute Gasteiger partial charge is 0.274 e. The molecule has 6 atom stereocenters. The Kier molecular flexibility index (Phi) is 7.03. The van der Waals surface area contributed by atoms with E-state index in [9.17, 15) is 19.2 Å². The Labute approximate surface area is 283 Å². The molecule has 4 aromatic rings. The Balaban J connectivity index is 1.32. The maximum atomic E-state index is 14.5. The van der Waals surface area contributed by atoms with Crippen molar-refractivity contribution in [1.29, 1.82) is 0 Å². The molecule has 0 unspecified atom stereocenters. The molecular weight excluding hydrogens is 670 g/mol. The summed E-state index contributed by atoms with van der Waals surface area (Å²) in [6.07, 6.45) is 0. The number of benzene rings is 4. The summed E-state index contributed by atoms with van der Waals surface area (Å²) >= 11 is 24.8. The number of hydrazine groups is 1. The molecule has 8 rings (SSSR count). The Morgan fingerprint density at radius 1 is 0.370 bits per heavy atom. The number of fused-ring (bicyclic) bond motifs is 5. The van der Waals surface area contributed by atoms with Gasteiger partial charge >= 0.3 is 0 Å². The molecule has 0 saturated carbocycles. The number of anilines is 2. The average Bonchev–Trinajstić information content (AvgIpc) is 3.71. The van der Waals surface area contributed by atoms with Crippen LogP contribution in [0.25, 0.3) is 0 Å². The molecule has 0 aliphatic carbocycles. The lowest BCUT2D eigenvalue weighted by Gasteiger charge is -2.35. The molecule has 12 heteroatoms. The third-order valence-electron chi connectivity index (χ3n) is 9.32. The van der Waals surface area contributed by atoms with Gasteiger partial charge in [-0.1, -0.05) is 70.7 Å². The van der Waals surface area contributed by atoms with Crippen LogP contribution in [0.15, 0.2) is 97.1 Å². The van der Waals surface area contributed by atoms with Crippen LogP contribution >= 0.6 is 46.4 Å². The highest BCUT2D eigenvalue weighted by molar-refractivity contribution is 6.32. The predicted octanol–water partition coefficient (Wildman–Crippen LogP) is 6.75. The van der Waals surface area contributed by atoms with Crippen molar-refractivity contribution in [3.05, 3.63) is 128 Å². The third-order valence-corrected chi connectivity index (χ3v) is 10.3. The van der Waals surface area contributed by atoms with Crippen molar-refractivity contribution in [2.45, 2.75) is 24.2 Å². The summed E-state index contributed by atoms with van der Waals surface area (Å²) in [6.45, 7) is 0. The van der Waals surface area contributed by atoms with Crippen molar-refractivity contribution >= 4 is 81.4 Å². The molecule has 0 N–H and O–H groups in total. The molecule has 4 aliphatic heterocycles. The highest BCUT2D eigenvalue weighted by atomic mass is 35.5. The topological polar surface area (TPSA) is 81.2 Å². The summed E-state index contributed by atoms with van der Waals surface area (Å²) in [5.74, 6) is -3.52. The molecule has 0 spiro atoms. The lowest BCUT2D eigenvalue weighted by atomic mass is 9.84. The van der Waals surface area contributed by atoms with Crippen LogP contribution < -0.4 is 9.80 Å². The second-order valence-corrected chi connectivity index (χ2v) is 13.4. The number of imide groups is 2. The number of amides is 4. The van der Waals surface area contributed by atoms with Gasteiger partial charge in [-0.2, -0.15) is 0 Å². The molecule has 4 aliphatic rings. The standard InChI is InChI=1S/C34H22Cl4N4O4/c35-19-5-1-17(2-6-19)27-25-29(33(45)39(31(25)43)23-13-9-21(37)10-14-23)42-28(18-3-7-20(36)8-4-18)26-30(41(27)42)34(46)40(32(26)44)24-15-11-22(38)12-16-24/h1-16,25-30H/t25-,26-,27+,28+,29+,30+/m0/s1. The Hall–Kier alpha value is -3.76. The fraction of sp³-hybridized carbons (Fsp3) is 0.176. The van der Waals surface area contributed by atoms with E-state index in [4.69, 9.17) is 46.4 Å². The maximum absolute atomic E-state index is 14.5. The van der Waals surface area contributed by atoms with Crippen LogP contribution in [0, 0.1) is 11.8 Å². The van der Waals surface area contributed by atoms with E-state index in [1.165, 1.54) is 9.80 Å². The minimum absolute atomic E-state index is 0.388.